The van der Waals surface area contributed by atoms with E-state index in [1.54, 1.807) is 18.9 Å². The first kappa shape index (κ1) is 17.6. The molecule has 2 aromatic rings. The molecule has 0 spiro atoms. The molecule has 0 aliphatic rings. The van der Waals surface area contributed by atoms with Crippen LogP contribution >= 0.6 is 0 Å². The number of benzene rings is 1. The standard InChI is InChI=1S/C15H16N4O4S/c1-10(9-24(3,22)23)18(2)15-6-11(8-16)13-7-12(19(20)21)4-5-14(13)17-15/h4-7,10H,9H2,1-3H3. The molecule has 8 nitrogen and oxygen atoms in total. The Kier molecular flexibility index (Phi) is 4.71. The number of nitriles is 1. The Morgan fingerprint density at radius 2 is 2.08 bits per heavy atom. The molecule has 9 heteroatoms. The molecule has 24 heavy (non-hydrogen) atoms. The summed E-state index contributed by atoms with van der Waals surface area (Å²) in [6, 6.07) is 7.29. The maximum atomic E-state index is 11.5. The van der Waals surface area contributed by atoms with Gasteiger partial charge in [-0.15, -0.1) is 0 Å². The van der Waals surface area contributed by atoms with Gasteiger partial charge in [-0.25, -0.2) is 13.4 Å². The van der Waals surface area contributed by atoms with Crippen molar-refractivity contribution in [1.29, 1.82) is 5.26 Å². The van der Waals surface area contributed by atoms with Gasteiger partial charge in [0.15, 0.2) is 0 Å². The molecule has 1 atom stereocenters. The number of hydrogen-bond donors (Lipinski definition) is 0. The summed E-state index contributed by atoms with van der Waals surface area (Å²) >= 11 is 0. The van der Waals surface area contributed by atoms with Gasteiger partial charge in [0.1, 0.15) is 15.7 Å². The van der Waals surface area contributed by atoms with Gasteiger partial charge >= 0.3 is 0 Å². The number of nitro benzene ring substituents is 1. The molecular weight excluding hydrogens is 332 g/mol. The summed E-state index contributed by atoms with van der Waals surface area (Å²) in [5, 5.41) is 20.6. The molecule has 1 aromatic carbocycles. The fourth-order valence-corrected chi connectivity index (χ4v) is 3.46. The van der Waals surface area contributed by atoms with Crippen LogP contribution in [0, 0.1) is 21.4 Å². The van der Waals surface area contributed by atoms with Crippen LogP contribution in [0.2, 0.25) is 0 Å². The second-order valence-corrected chi connectivity index (χ2v) is 7.84. The van der Waals surface area contributed by atoms with Crippen LogP contribution in [-0.4, -0.2) is 43.4 Å². The third-order valence-electron chi connectivity index (χ3n) is 3.68. The van der Waals surface area contributed by atoms with E-state index >= 15 is 0 Å². The molecule has 126 valence electrons. The van der Waals surface area contributed by atoms with E-state index in [9.17, 15) is 23.8 Å². The Hall–Kier alpha value is -2.73. The van der Waals surface area contributed by atoms with Gasteiger partial charge in [-0.1, -0.05) is 0 Å². The van der Waals surface area contributed by atoms with Crippen molar-refractivity contribution in [2.75, 3.05) is 24.0 Å². The normalized spacial score (nSPS) is 12.6. The van der Waals surface area contributed by atoms with Crippen molar-refractivity contribution in [1.82, 2.24) is 4.98 Å². The lowest BCUT2D eigenvalue weighted by molar-refractivity contribution is -0.384. The van der Waals surface area contributed by atoms with Crippen molar-refractivity contribution in [2.24, 2.45) is 0 Å². The van der Waals surface area contributed by atoms with Gasteiger partial charge in [0.05, 0.1) is 27.8 Å². The topological polar surface area (TPSA) is 117 Å². The van der Waals surface area contributed by atoms with Crippen LogP contribution in [-0.2, 0) is 9.84 Å². The molecule has 0 saturated carbocycles. The highest BCUT2D eigenvalue weighted by molar-refractivity contribution is 7.90. The summed E-state index contributed by atoms with van der Waals surface area (Å²) in [7, 11) is -1.47. The van der Waals surface area contributed by atoms with Gasteiger partial charge in [0.2, 0.25) is 0 Å². The zero-order chi connectivity index (χ0) is 18.1. The van der Waals surface area contributed by atoms with Gasteiger partial charge in [-0.3, -0.25) is 10.1 Å². The molecule has 0 aliphatic heterocycles. The molecule has 0 bridgehead atoms. The van der Waals surface area contributed by atoms with Crippen LogP contribution in [0.1, 0.15) is 12.5 Å². The predicted molar refractivity (Wildman–Crippen MR) is 90.7 cm³/mol. The predicted octanol–water partition coefficient (Wildman–Crippen LogP) is 1.88. The van der Waals surface area contributed by atoms with E-state index in [1.807, 2.05) is 6.07 Å². The first-order valence-corrected chi connectivity index (χ1v) is 9.08. The molecule has 1 heterocycles. The van der Waals surface area contributed by atoms with Crippen molar-refractivity contribution in [3.8, 4) is 6.07 Å². The number of fused-ring (bicyclic) bond motifs is 1. The summed E-state index contributed by atoms with van der Waals surface area (Å²) in [6.07, 6.45) is 1.16. The molecule has 0 radical (unpaired) electrons. The molecule has 0 fully saturated rings. The first-order chi connectivity index (χ1) is 11.1. The van der Waals surface area contributed by atoms with Crippen LogP contribution in [0.15, 0.2) is 24.3 Å². The largest absolute Gasteiger partial charge is 0.356 e. The van der Waals surface area contributed by atoms with Crippen molar-refractivity contribution in [3.05, 3.63) is 39.9 Å². The van der Waals surface area contributed by atoms with E-state index in [4.69, 9.17) is 0 Å². The number of hydrogen-bond acceptors (Lipinski definition) is 7. The highest BCUT2D eigenvalue weighted by Gasteiger charge is 2.19. The Labute approximate surface area is 139 Å². The minimum absolute atomic E-state index is 0.0502. The summed E-state index contributed by atoms with van der Waals surface area (Å²) < 4.78 is 22.9. The van der Waals surface area contributed by atoms with Crippen molar-refractivity contribution < 1.29 is 13.3 Å². The Balaban J connectivity index is 2.52. The van der Waals surface area contributed by atoms with Gasteiger partial charge in [0, 0.05) is 36.9 Å². The van der Waals surface area contributed by atoms with E-state index in [2.05, 4.69) is 4.98 Å². The van der Waals surface area contributed by atoms with E-state index in [0.29, 0.717) is 16.7 Å². The number of anilines is 1. The average Bonchev–Trinajstić information content (AvgIpc) is 2.50. The highest BCUT2D eigenvalue weighted by atomic mass is 32.2. The number of sulfone groups is 1. The maximum absolute atomic E-state index is 11.5. The van der Waals surface area contributed by atoms with Crippen LogP contribution < -0.4 is 4.90 Å². The fourth-order valence-electron chi connectivity index (χ4n) is 2.36. The van der Waals surface area contributed by atoms with E-state index in [-0.39, 0.29) is 23.0 Å². The molecule has 2 rings (SSSR count). The molecule has 0 aliphatic carbocycles. The lowest BCUT2D eigenvalue weighted by Gasteiger charge is -2.25. The van der Waals surface area contributed by atoms with Crippen molar-refractivity contribution >= 4 is 32.2 Å². The zero-order valence-electron chi connectivity index (χ0n) is 13.4. The second-order valence-electron chi connectivity index (χ2n) is 5.65. The molecule has 0 amide bonds. The van der Waals surface area contributed by atoms with Gasteiger partial charge in [-0.05, 0) is 19.1 Å². The van der Waals surface area contributed by atoms with Crippen LogP contribution in [0.3, 0.4) is 0 Å². The average molecular weight is 348 g/mol. The van der Waals surface area contributed by atoms with Crippen molar-refractivity contribution in [3.63, 3.8) is 0 Å². The van der Waals surface area contributed by atoms with E-state index < -0.39 is 14.8 Å². The summed E-state index contributed by atoms with van der Waals surface area (Å²) in [5.74, 6) is 0.384. The summed E-state index contributed by atoms with van der Waals surface area (Å²) in [5.41, 5.74) is 0.567. The molecule has 1 unspecified atom stereocenters. The van der Waals surface area contributed by atoms with Gasteiger partial charge < -0.3 is 4.90 Å². The zero-order valence-corrected chi connectivity index (χ0v) is 14.2. The van der Waals surface area contributed by atoms with Crippen molar-refractivity contribution in [2.45, 2.75) is 13.0 Å². The SMILES string of the molecule is CC(CS(C)(=O)=O)N(C)c1cc(C#N)c2cc([N+](=O)[O-])ccc2n1. The smallest absolute Gasteiger partial charge is 0.270 e. The lowest BCUT2D eigenvalue weighted by Crippen LogP contribution is -2.35. The third kappa shape index (κ3) is 3.78. The monoisotopic (exact) mass is 348 g/mol. The molecule has 0 saturated heterocycles. The number of nitrogens with zero attached hydrogens (tertiary/aromatic N) is 4. The fraction of sp³-hybridized carbons (Fsp3) is 0.333. The van der Waals surface area contributed by atoms with E-state index in [1.165, 1.54) is 24.3 Å². The number of non-ortho nitro benzene ring substituents is 1. The summed E-state index contributed by atoms with van der Waals surface area (Å²) in [6.45, 7) is 1.74. The minimum atomic E-state index is -3.16. The molecule has 0 N–H and O–H groups in total. The number of pyridine rings is 1. The summed E-state index contributed by atoms with van der Waals surface area (Å²) in [4.78, 5) is 16.4. The minimum Gasteiger partial charge on any atom is -0.356 e. The Morgan fingerprint density at radius 3 is 2.62 bits per heavy atom. The maximum Gasteiger partial charge on any atom is 0.270 e. The van der Waals surface area contributed by atoms with Crippen LogP contribution in [0.5, 0.6) is 0 Å². The van der Waals surface area contributed by atoms with E-state index in [0.717, 1.165) is 6.26 Å². The number of aromatic nitrogens is 1. The molecule has 1 aromatic heterocycles. The third-order valence-corrected chi connectivity index (χ3v) is 4.76. The Bertz CT molecular complexity index is 950. The number of nitro groups is 1. The van der Waals surface area contributed by atoms with Gasteiger partial charge in [-0.2, -0.15) is 5.26 Å². The lowest BCUT2D eigenvalue weighted by atomic mass is 10.1. The van der Waals surface area contributed by atoms with Gasteiger partial charge in [0.25, 0.3) is 5.69 Å². The highest BCUT2D eigenvalue weighted by Crippen LogP contribution is 2.26. The second kappa shape index (κ2) is 6.41. The van der Waals surface area contributed by atoms with Crippen LogP contribution in [0.25, 0.3) is 10.9 Å². The van der Waals surface area contributed by atoms with Crippen LogP contribution in [0.4, 0.5) is 11.5 Å². The molecular formula is C15H16N4O4S. The quantitative estimate of drug-likeness (QED) is 0.598. The number of rotatable bonds is 5. The Morgan fingerprint density at radius 1 is 1.42 bits per heavy atom. The first-order valence-electron chi connectivity index (χ1n) is 7.02.